The number of piperidine rings is 1. The molecule has 1 aliphatic heterocycles. The van der Waals surface area contributed by atoms with Gasteiger partial charge in [0.05, 0.1) is 10.5 Å². The number of nitrogens with zero attached hydrogens (tertiary/aromatic N) is 2. The van der Waals surface area contributed by atoms with Crippen LogP contribution in [0.3, 0.4) is 0 Å². The molecule has 0 amide bonds. The molecule has 1 fully saturated rings. The van der Waals surface area contributed by atoms with Crippen molar-refractivity contribution in [1.29, 1.82) is 0 Å². The van der Waals surface area contributed by atoms with E-state index in [-0.39, 0.29) is 10.5 Å². The van der Waals surface area contributed by atoms with E-state index in [9.17, 15) is 13.2 Å². The summed E-state index contributed by atoms with van der Waals surface area (Å²) in [6.07, 6.45) is 1.99. The standard InChI is InChI=1S/C15H22N2O4S/c1-16-9-7-12(8-10-16)11-17(2)22(20,21)14-5-3-13(4-6-14)15(18)19/h3-6,12H,7-11H2,1-2H3,(H,18,19). The molecule has 0 aliphatic carbocycles. The van der Waals surface area contributed by atoms with Crippen molar-refractivity contribution in [2.45, 2.75) is 17.7 Å². The minimum atomic E-state index is -3.57. The van der Waals surface area contributed by atoms with E-state index in [0.29, 0.717) is 12.5 Å². The second-order valence-corrected chi connectivity index (χ2v) is 7.91. The molecule has 1 saturated heterocycles. The highest BCUT2D eigenvalue weighted by atomic mass is 32.2. The van der Waals surface area contributed by atoms with Gasteiger partial charge in [0.25, 0.3) is 0 Å². The number of rotatable bonds is 5. The fourth-order valence-corrected chi connectivity index (χ4v) is 3.90. The number of sulfonamides is 1. The minimum absolute atomic E-state index is 0.0805. The van der Waals surface area contributed by atoms with Gasteiger partial charge in [0.2, 0.25) is 10.0 Å². The molecular formula is C15H22N2O4S. The Hall–Kier alpha value is -1.44. The fourth-order valence-electron chi connectivity index (χ4n) is 2.66. The zero-order chi connectivity index (χ0) is 16.3. The average Bonchev–Trinajstić information content (AvgIpc) is 2.49. The smallest absolute Gasteiger partial charge is 0.335 e. The molecule has 1 aliphatic rings. The first-order valence-electron chi connectivity index (χ1n) is 7.29. The Morgan fingerprint density at radius 2 is 1.82 bits per heavy atom. The summed E-state index contributed by atoms with van der Waals surface area (Å²) in [6, 6.07) is 5.34. The first-order chi connectivity index (χ1) is 10.3. The molecule has 6 nitrogen and oxygen atoms in total. The molecule has 0 saturated carbocycles. The molecule has 122 valence electrons. The molecule has 7 heteroatoms. The van der Waals surface area contributed by atoms with Crippen molar-refractivity contribution >= 4 is 16.0 Å². The molecule has 1 N–H and O–H groups in total. The summed E-state index contributed by atoms with van der Waals surface area (Å²) < 4.78 is 26.4. The van der Waals surface area contributed by atoms with Crippen molar-refractivity contribution in [2.75, 3.05) is 33.7 Å². The predicted molar refractivity (Wildman–Crippen MR) is 83.4 cm³/mol. The van der Waals surface area contributed by atoms with E-state index >= 15 is 0 Å². The van der Waals surface area contributed by atoms with Gasteiger partial charge in [-0.1, -0.05) is 0 Å². The molecule has 0 aromatic heterocycles. The molecule has 2 rings (SSSR count). The summed E-state index contributed by atoms with van der Waals surface area (Å²) in [7, 11) is 0.0847. The van der Waals surface area contributed by atoms with Crippen LogP contribution in [0.1, 0.15) is 23.2 Å². The largest absolute Gasteiger partial charge is 0.478 e. The van der Waals surface area contributed by atoms with E-state index in [1.54, 1.807) is 7.05 Å². The third-order valence-corrected chi connectivity index (χ3v) is 6.00. The van der Waals surface area contributed by atoms with E-state index in [1.807, 2.05) is 0 Å². The molecule has 0 radical (unpaired) electrons. The van der Waals surface area contributed by atoms with Crippen LogP contribution in [0.5, 0.6) is 0 Å². The minimum Gasteiger partial charge on any atom is -0.478 e. The number of carboxylic acid groups (broad SMARTS) is 1. The third-order valence-electron chi connectivity index (χ3n) is 4.16. The number of carbonyl (C=O) groups is 1. The van der Waals surface area contributed by atoms with Crippen molar-refractivity contribution in [2.24, 2.45) is 5.92 Å². The monoisotopic (exact) mass is 326 g/mol. The van der Waals surface area contributed by atoms with E-state index in [2.05, 4.69) is 11.9 Å². The van der Waals surface area contributed by atoms with Crippen molar-refractivity contribution < 1.29 is 18.3 Å². The Morgan fingerprint density at radius 3 is 2.32 bits per heavy atom. The summed E-state index contributed by atoms with van der Waals surface area (Å²) >= 11 is 0. The Kier molecular flexibility index (Phi) is 5.20. The Balaban J connectivity index is 2.06. The zero-order valence-corrected chi connectivity index (χ0v) is 13.7. The highest BCUT2D eigenvalue weighted by Gasteiger charge is 2.25. The Morgan fingerprint density at radius 1 is 1.27 bits per heavy atom. The van der Waals surface area contributed by atoms with Crippen molar-refractivity contribution in [1.82, 2.24) is 9.21 Å². The lowest BCUT2D eigenvalue weighted by atomic mass is 9.97. The van der Waals surface area contributed by atoms with Crippen LogP contribution in [0, 0.1) is 5.92 Å². The van der Waals surface area contributed by atoms with E-state index in [0.717, 1.165) is 25.9 Å². The Labute approximate surface area is 131 Å². The summed E-state index contributed by atoms with van der Waals surface area (Å²) in [6.45, 7) is 2.48. The molecule has 22 heavy (non-hydrogen) atoms. The van der Waals surface area contributed by atoms with Crippen LogP contribution in [0.4, 0.5) is 0 Å². The van der Waals surface area contributed by atoms with Gasteiger partial charge in [0.1, 0.15) is 0 Å². The summed E-state index contributed by atoms with van der Waals surface area (Å²) in [5.41, 5.74) is 0.0805. The molecule has 1 aromatic carbocycles. The lowest BCUT2D eigenvalue weighted by Gasteiger charge is -2.31. The maximum atomic E-state index is 12.5. The van der Waals surface area contributed by atoms with Crippen LogP contribution in [0.2, 0.25) is 0 Å². The fraction of sp³-hybridized carbons (Fsp3) is 0.533. The van der Waals surface area contributed by atoms with Gasteiger partial charge >= 0.3 is 5.97 Å². The number of likely N-dealkylation sites (tertiary alicyclic amines) is 1. The quantitative estimate of drug-likeness (QED) is 0.883. The lowest BCUT2D eigenvalue weighted by molar-refractivity contribution is 0.0696. The predicted octanol–water partition coefficient (Wildman–Crippen LogP) is 1.35. The van der Waals surface area contributed by atoms with Gasteiger partial charge in [-0.2, -0.15) is 0 Å². The summed E-state index contributed by atoms with van der Waals surface area (Å²) in [4.78, 5) is 13.2. The first-order valence-corrected chi connectivity index (χ1v) is 8.73. The van der Waals surface area contributed by atoms with Crippen LogP contribution in [-0.2, 0) is 10.0 Å². The van der Waals surface area contributed by atoms with E-state index in [1.165, 1.54) is 28.6 Å². The third kappa shape index (κ3) is 3.85. The van der Waals surface area contributed by atoms with Gasteiger partial charge in [0.15, 0.2) is 0 Å². The maximum Gasteiger partial charge on any atom is 0.335 e. The first kappa shape index (κ1) is 16.9. The van der Waals surface area contributed by atoms with Gasteiger partial charge in [-0.05, 0) is 63.2 Å². The molecule has 0 spiro atoms. The average molecular weight is 326 g/mol. The van der Waals surface area contributed by atoms with Crippen LogP contribution in [0.15, 0.2) is 29.2 Å². The molecule has 1 heterocycles. The Bertz CT molecular complexity index is 619. The second kappa shape index (κ2) is 6.76. The molecule has 0 bridgehead atoms. The van der Waals surface area contributed by atoms with Crippen LogP contribution in [0.25, 0.3) is 0 Å². The van der Waals surface area contributed by atoms with Gasteiger partial charge in [-0.3, -0.25) is 0 Å². The number of benzene rings is 1. The van der Waals surface area contributed by atoms with Crippen LogP contribution < -0.4 is 0 Å². The normalized spacial score (nSPS) is 17.8. The zero-order valence-electron chi connectivity index (χ0n) is 12.9. The molecule has 0 unspecified atom stereocenters. The highest BCUT2D eigenvalue weighted by molar-refractivity contribution is 7.89. The number of hydrogen-bond acceptors (Lipinski definition) is 4. The van der Waals surface area contributed by atoms with Gasteiger partial charge in [-0.15, -0.1) is 0 Å². The number of hydrogen-bond donors (Lipinski definition) is 1. The SMILES string of the molecule is CN1CCC(CN(C)S(=O)(=O)c2ccc(C(=O)O)cc2)CC1. The molecular weight excluding hydrogens is 304 g/mol. The maximum absolute atomic E-state index is 12.5. The summed E-state index contributed by atoms with van der Waals surface area (Å²) in [5.74, 6) is -0.696. The van der Waals surface area contributed by atoms with Crippen molar-refractivity contribution in [3.8, 4) is 0 Å². The number of aromatic carboxylic acids is 1. The highest BCUT2D eigenvalue weighted by Crippen LogP contribution is 2.21. The second-order valence-electron chi connectivity index (χ2n) is 5.86. The lowest BCUT2D eigenvalue weighted by Crippen LogP contribution is -2.37. The van der Waals surface area contributed by atoms with E-state index in [4.69, 9.17) is 5.11 Å². The topological polar surface area (TPSA) is 77.9 Å². The van der Waals surface area contributed by atoms with Crippen LogP contribution in [-0.4, -0.2) is 62.4 Å². The summed E-state index contributed by atoms with van der Waals surface area (Å²) in [5, 5.41) is 8.86. The van der Waals surface area contributed by atoms with Gasteiger partial charge < -0.3 is 10.0 Å². The van der Waals surface area contributed by atoms with E-state index < -0.39 is 16.0 Å². The number of carboxylic acids is 1. The van der Waals surface area contributed by atoms with Crippen molar-refractivity contribution in [3.63, 3.8) is 0 Å². The van der Waals surface area contributed by atoms with Gasteiger partial charge in [0, 0.05) is 13.6 Å². The van der Waals surface area contributed by atoms with Crippen LogP contribution >= 0.6 is 0 Å². The van der Waals surface area contributed by atoms with Crippen molar-refractivity contribution in [3.05, 3.63) is 29.8 Å². The molecule has 0 atom stereocenters. The van der Waals surface area contributed by atoms with Gasteiger partial charge in [-0.25, -0.2) is 17.5 Å². The molecule has 1 aromatic rings.